The van der Waals surface area contributed by atoms with E-state index in [9.17, 15) is 14.4 Å². The summed E-state index contributed by atoms with van der Waals surface area (Å²) in [7, 11) is 0. The van der Waals surface area contributed by atoms with Crippen molar-refractivity contribution in [3.63, 3.8) is 0 Å². The van der Waals surface area contributed by atoms with Crippen LogP contribution in [-0.2, 0) is 22.4 Å². The van der Waals surface area contributed by atoms with Crippen molar-refractivity contribution in [2.24, 2.45) is 5.92 Å². The molecule has 0 fully saturated rings. The van der Waals surface area contributed by atoms with Crippen molar-refractivity contribution in [1.29, 1.82) is 0 Å². The standard InChI is InChI=1S/C22H26N2O4S/c1-3-14-7-8-16-17(12-14)29-22(24-18(25)9-10-19(26)27)20(16)21(28)23-15-6-4-5-13(2)11-15/h4-6,11,14H,3,7-10,12H2,1-2H3,(H,23,28)(H,24,25)(H,26,27)/t14-/m0/s1. The number of aliphatic carboxylic acids is 1. The summed E-state index contributed by atoms with van der Waals surface area (Å²) in [5.74, 6) is -1.06. The van der Waals surface area contributed by atoms with E-state index in [0.29, 0.717) is 22.2 Å². The molecule has 0 bridgehead atoms. The van der Waals surface area contributed by atoms with Crippen molar-refractivity contribution in [2.45, 2.75) is 52.4 Å². The lowest BCUT2D eigenvalue weighted by atomic mass is 9.85. The van der Waals surface area contributed by atoms with Crippen molar-refractivity contribution in [2.75, 3.05) is 10.6 Å². The van der Waals surface area contributed by atoms with E-state index in [1.54, 1.807) is 0 Å². The highest BCUT2D eigenvalue weighted by Gasteiger charge is 2.29. The van der Waals surface area contributed by atoms with Crippen LogP contribution >= 0.6 is 11.3 Å². The fourth-order valence-electron chi connectivity index (χ4n) is 3.66. The number of carbonyl (C=O) groups excluding carboxylic acids is 2. The molecular formula is C22H26N2O4S. The number of hydrogen-bond donors (Lipinski definition) is 3. The van der Waals surface area contributed by atoms with Crippen molar-refractivity contribution < 1.29 is 19.5 Å². The second kappa shape index (κ2) is 9.22. The van der Waals surface area contributed by atoms with Gasteiger partial charge in [-0.2, -0.15) is 0 Å². The molecule has 154 valence electrons. The summed E-state index contributed by atoms with van der Waals surface area (Å²) in [4.78, 5) is 37.2. The Bertz CT molecular complexity index is 935. The zero-order valence-electron chi connectivity index (χ0n) is 16.7. The Morgan fingerprint density at radius 1 is 1.21 bits per heavy atom. The van der Waals surface area contributed by atoms with E-state index in [-0.39, 0.29) is 24.7 Å². The molecule has 2 aromatic rings. The number of benzene rings is 1. The second-order valence-corrected chi connectivity index (χ2v) is 8.60. The highest BCUT2D eigenvalue weighted by Crippen LogP contribution is 2.40. The van der Waals surface area contributed by atoms with Crippen LogP contribution in [0.5, 0.6) is 0 Å². The third kappa shape index (κ3) is 5.23. The number of thiophene rings is 1. The summed E-state index contributed by atoms with van der Waals surface area (Å²) in [6, 6.07) is 7.58. The molecule has 29 heavy (non-hydrogen) atoms. The molecule has 1 heterocycles. The van der Waals surface area contributed by atoms with Crippen molar-refractivity contribution in [1.82, 2.24) is 0 Å². The molecule has 0 saturated heterocycles. The molecule has 0 spiro atoms. The minimum absolute atomic E-state index is 0.117. The van der Waals surface area contributed by atoms with Crippen LogP contribution in [0.4, 0.5) is 10.7 Å². The van der Waals surface area contributed by atoms with Gasteiger partial charge in [0.25, 0.3) is 5.91 Å². The fraction of sp³-hybridized carbons (Fsp3) is 0.409. The lowest BCUT2D eigenvalue weighted by Crippen LogP contribution is -2.20. The minimum Gasteiger partial charge on any atom is -0.481 e. The van der Waals surface area contributed by atoms with Gasteiger partial charge in [-0.3, -0.25) is 14.4 Å². The molecule has 1 aliphatic carbocycles. The lowest BCUT2D eigenvalue weighted by Gasteiger charge is -2.21. The first-order chi connectivity index (χ1) is 13.9. The van der Waals surface area contributed by atoms with Crippen LogP contribution in [0.2, 0.25) is 0 Å². The number of rotatable bonds is 7. The predicted octanol–water partition coefficient (Wildman–Crippen LogP) is 4.63. The Hall–Kier alpha value is -2.67. The van der Waals surface area contributed by atoms with Gasteiger partial charge < -0.3 is 15.7 Å². The van der Waals surface area contributed by atoms with Crippen LogP contribution in [0, 0.1) is 12.8 Å². The van der Waals surface area contributed by atoms with E-state index in [4.69, 9.17) is 5.11 Å². The maximum atomic E-state index is 13.1. The summed E-state index contributed by atoms with van der Waals surface area (Å²) >= 11 is 1.45. The summed E-state index contributed by atoms with van der Waals surface area (Å²) < 4.78 is 0. The molecule has 1 atom stereocenters. The highest BCUT2D eigenvalue weighted by molar-refractivity contribution is 7.17. The summed E-state index contributed by atoms with van der Waals surface area (Å²) in [6.45, 7) is 4.13. The van der Waals surface area contributed by atoms with E-state index >= 15 is 0 Å². The number of carboxylic acid groups (broad SMARTS) is 1. The molecule has 1 aromatic heterocycles. The highest BCUT2D eigenvalue weighted by atomic mass is 32.1. The number of carbonyl (C=O) groups is 3. The van der Waals surface area contributed by atoms with Crippen LogP contribution in [0.3, 0.4) is 0 Å². The van der Waals surface area contributed by atoms with Gasteiger partial charge in [0.2, 0.25) is 5.91 Å². The van der Waals surface area contributed by atoms with Crippen LogP contribution in [0.1, 0.15) is 59.0 Å². The molecule has 1 aromatic carbocycles. The van der Waals surface area contributed by atoms with Gasteiger partial charge in [0.1, 0.15) is 5.00 Å². The number of fused-ring (bicyclic) bond motifs is 1. The maximum Gasteiger partial charge on any atom is 0.303 e. The van der Waals surface area contributed by atoms with Gasteiger partial charge in [-0.15, -0.1) is 11.3 Å². The Morgan fingerprint density at radius 2 is 2.00 bits per heavy atom. The van der Waals surface area contributed by atoms with E-state index in [1.165, 1.54) is 11.3 Å². The largest absolute Gasteiger partial charge is 0.481 e. The third-order valence-electron chi connectivity index (χ3n) is 5.27. The van der Waals surface area contributed by atoms with Crippen LogP contribution in [0.15, 0.2) is 24.3 Å². The Morgan fingerprint density at radius 3 is 2.69 bits per heavy atom. The molecule has 3 N–H and O–H groups in total. The predicted molar refractivity (Wildman–Crippen MR) is 115 cm³/mol. The summed E-state index contributed by atoms with van der Waals surface area (Å²) in [6.07, 6.45) is 3.48. The Balaban J connectivity index is 1.88. The number of anilines is 2. The van der Waals surface area contributed by atoms with Crippen LogP contribution in [-0.4, -0.2) is 22.9 Å². The van der Waals surface area contributed by atoms with Crippen LogP contribution in [0.25, 0.3) is 0 Å². The van der Waals surface area contributed by atoms with Gasteiger partial charge >= 0.3 is 5.97 Å². The average Bonchev–Trinajstić information content (AvgIpc) is 3.03. The summed E-state index contributed by atoms with van der Waals surface area (Å²) in [5.41, 5.74) is 3.28. The number of aryl methyl sites for hydroxylation is 1. The molecular weight excluding hydrogens is 388 g/mol. The van der Waals surface area contributed by atoms with Crippen molar-refractivity contribution in [3.8, 4) is 0 Å². The Labute approximate surface area is 174 Å². The molecule has 3 rings (SSSR count). The number of carboxylic acids is 1. The van der Waals surface area contributed by atoms with Crippen molar-refractivity contribution in [3.05, 3.63) is 45.8 Å². The fourth-order valence-corrected chi connectivity index (χ4v) is 5.03. The molecule has 0 radical (unpaired) electrons. The first-order valence-electron chi connectivity index (χ1n) is 9.91. The van der Waals surface area contributed by atoms with Gasteiger partial charge in [-0.1, -0.05) is 25.5 Å². The van der Waals surface area contributed by atoms with Gasteiger partial charge in [-0.25, -0.2) is 0 Å². The third-order valence-corrected chi connectivity index (χ3v) is 6.44. The molecule has 2 amide bonds. The number of amides is 2. The minimum atomic E-state index is -1.02. The van der Waals surface area contributed by atoms with Gasteiger partial charge in [-0.05, 0) is 55.4 Å². The zero-order valence-corrected chi connectivity index (χ0v) is 17.5. The normalized spacial score (nSPS) is 15.4. The second-order valence-electron chi connectivity index (χ2n) is 7.49. The monoisotopic (exact) mass is 414 g/mol. The first kappa shape index (κ1) is 21.0. The average molecular weight is 415 g/mol. The first-order valence-corrected chi connectivity index (χ1v) is 10.7. The van der Waals surface area contributed by atoms with E-state index in [2.05, 4.69) is 17.6 Å². The lowest BCUT2D eigenvalue weighted by molar-refractivity contribution is -0.138. The molecule has 6 nitrogen and oxygen atoms in total. The quantitative estimate of drug-likeness (QED) is 0.616. The molecule has 1 aliphatic rings. The van der Waals surface area contributed by atoms with Gasteiger partial charge in [0, 0.05) is 17.0 Å². The number of hydrogen-bond acceptors (Lipinski definition) is 4. The SMILES string of the molecule is CC[C@H]1CCc2c(sc(NC(=O)CCC(=O)O)c2C(=O)Nc2cccc(C)c2)C1. The smallest absolute Gasteiger partial charge is 0.303 e. The molecule has 0 saturated carbocycles. The van der Waals surface area contributed by atoms with Crippen molar-refractivity contribution >= 4 is 39.8 Å². The van der Waals surface area contributed by atoms with E-state index in [0.717, 1.165) is 41.7 Å². The molecule has 0 aliphatic heterocycles. The summed E-state index contributed by atoms with van der Waals surface area (Å²) in [5, 5.41) is 15.1. The molecule has 0 unspecified atom stereocenters. The Kier molecular flexibility index (Phi) is 6.69. The van der Waals surface area contributed by atoms with Gasteiger partial charge in [0.05, 0.1) is 12.0 Å². The zero-order chi connectivity index (χ0) is 21.0. The van der Waals surface area contributed by atoms with Gasteiger partial charge in [0.15, 0.2) is 0 Å². The van der Waals surface area contributed by atoms with E-state index < -0.39 is 5.97 Å². The molecule has 7 heteroatoms. The van der Waals surface area contributed by atoms with Crippen LogP contribution < -0.4 is 10.6 Å². The van der Waals surface area contributed by atoms with E-state index in [1.807, 2.05) is 31.2 Å². The maximum absolute atomic E-state index is 13.1. The number of nitrogens with one attached hydrogen (secondary N) is 2. The topological polar surface area (TPSA) is 95.5 Å².